The maximum Gasteiger partial charge on any atom is 0.494 e. The van der Waals surface area contributed by atoms with Crippen LogP contribution in [0.2, 0.25) is 0 Å². The van der Waals surface area contributed by atoms with Gasteiger partial charge in [-0.15, -0.1) is 0 Å². The Hall–Kier alpha value is -2.43. The first-order chi connectivity index (χ1) is 13.9. The fourth-order valence-electron chi connectivity index (χ4n) is 3.69. The number of nitrogens with zero attached hydrogens (tertiary/aromatic N) is 1. The van der Waals surface area contributed by atoms with E-state index in [1.807, 2.05) is 12.3 Å². The number of rotatable bonds is 5. The summed E-state index contributed by atoms with van der Waals surface area (Å²) in [6, 6.07) is 25.3. The van der Waals surface area contributed by atoms with Gasteiger partial charge in [-0.3, -0.25) is 4.98 Å². The van der Waals surface area contributed by atoms with E-state index in [9.17, 15) is 0 Å². The Morgan fingerprint density at radius 1 is 0.793 bits per heavy atom. The van der Waals surface area contributed by atoms with Gasteiger partial charge < -0.3 is 9.31 Å². The van der Waals surface area contributed by atoms with Gasteiger partial charge in [-0.1, -0.05) is 60.7 Å². The molecule has 0 radical (unpaired) electrons. The van der Waals surface area contributed by atoms with E-state index < -0.39 is 0 Å². The van der Waals surface area contributed by atoms with Crippen molar-refractivity contribution in [3.8, 4) is 0 Å². The molecule has 3 aromatic rings. The van der Waals surface area contributed by atoms with Gasteiger partial charge in [-0.05, 0) is 62.8 Å². The molecule has 148 valence electrons. The van der Waals surface area contributed by atoms with Gasteiger partial charge in [0.25, 0.3) is 0 Å². The van der Waals surface area contributed by atoms with Gasteiger partial charge in [-0.2, -0.15) is 0 Å². The number of hydrogen-bond donors (Lipinski definition) is 0. The van der Waals surface area contributed by atoms with Crippen molar-refractivity contribution in [3.05, 3.63) is 95.8 Å². The summed E-state index contributed by atoms with van der Waals surface area (Å²) in [7, 11) is -0.324. The molecule has 0 amide bonds. The molecule has 1 saturated heterocycles. The normalized spacial score (nSPS) is 18.6. The summed E-state index contributed by atoms with van der Waals surface area (Å²) >= 11 is 0. The number of aromatic nitrogens is 1. The second-order valence-corrected chi connectivity index (χ2v) is 8.75. The summed E-state index contributed by atoms with van der Waals surface area (Å²) in [6.45, 7) is 8.33. The first-order valence-electron chi connectivity index (χ1n) is 10.3. The minimum atomic E-state index is -0.326. The Balaban J connectivity index is 1.55. The highest BCUT2D eigenvalue weighted by Gasteiger charge is 2.51. The van der Waals surface area contributed by atoms with Crippen molar-refractivity contribution < 1.29 is 9.31 Å². The maximum absolute atomic E-state index is 6.18. The lowest BCUT2D eigenvalue weighted by Gasteiger charge is -2.32. The molecule has 2 aromatic carbocycles. The Morgan fingerprint density at radius 2 is 1.41 bits per heavy atom. The van der Waals surface area contributed by atoms with Crippen LogP contribution in [0.15, 0.2) is 79.0 Å². The quantitative estimate of drug-likeness (QED) is 0.594. The Bertz CT molecular complexity index is 884. The van der Waals surface area contributed by atoms with E-state index in [-0.39, 0.29) is 24.2 Å². The fourth-order valence-corrected chi connectivity index (χ4v) is 3.69. The zero-order valence-electron chi connectivity index (χ0n) is 17.6. The summed E-state index contributed by atoms with van der Waals surface area (Å²) in [5, 5.41) is 0. The van der Waals surface area contributed by atoms with Crippen LogP contribution in [-0.4, -0.2) is 23.3 Å². The first kappa shape index (κ1) is 19.9. The van der Waals surface area contributed by atoms with Crippen LogP contribution in [0.4, 0.5) is 0 Å². The van der Waals surface area contributed by atoms with Crippen LogP contribution >= 0.6 is 0 Å². The molecular formula is C25H28BNO2. The van der Waals surface area contributed by atoms with Crippen LogP contribution < -0.4 is 5.46 Å². The molecule has 0 aliphatic carbocycles. The highest BCUT2D eigenvalue weighted by atomic mass is 16.7. The highest BCUT2D eigenvalue weighted by molar-refractivity contribution is 6.62. The number of pyridine rings is 1. The molecule has 4 rings (SSSR count). The third-order valence-electron chi connectivity index (χ3n) is 6.19. The second kappa shape index (κ2) is 7.77. The van der Waals surface area contributed by atoms with E-state index in [4.69, 9.17) is 9.31 Å². The Labute approximate surface area is 174 Å². The fraction of sp³-hybridized carbons (Fsp3) is 0.320. The molecule has 1 unspecified atom stereocenters. The van der Waals surface area contributed by atoms with Crippen molar-refractivity contribution in [2.45, 2.75) is 51.2 Å². The van der Waals surface area contributed by atoms with Gasteiger partial charge in [0.1, 0.15) is 0 Å². The molecular weight excluding hydrogens is 357 g/mol. The predicted octanol–water partition coefficient (Wildman–Crippen LogP) is 4.76. The Kier molecular flexibility index (Phi) is 5.33. The maximum atomic E-state index is 6.18. The van der Waals surface area contributed by atoms with E-state index in [0.717, 1.165) is 17.6 Å². The zero-order valence-corrected chi connectivity index (χ0v) is 17.6. The Morgan fingerprint density at radius 3 is 2.00 bits per heavy atom. The van der Waals surface area contributed by atoms with Gasteiger partial charge in [-0.25, -0.2) is 0 Å². The van der Waals surface area contributed by atoms with E-state index in [0.29, 0.717) is 0 Å². The van der Waals surface area contributed by atoms with Crippen molar-refractivity contribution >= 4 is 12.6 Å². The standard InChI is InChI=1S/C25H28BNO2/c1-24(2)25(3,4)29-26(28-24)21-15-13-19(14-16-21)18-22(20-10-6-5-7-11-20)23-12-8-9-17-27-23/h5-17,22H,18H2,1-4H3. The number of benzene rings is 2. The summed E-state index contributed by atoms with van der Waals surface area (Å²) < 4.78 is 12.4. The SMILES string of the molecule is CC1(C)OB(c2ccc(CC(c3ccccc3)c3ccccn3)cc2)OC1(C)C. The molecule has 0 bridgehead atoms. The van der Waals surface area contributed by atoms with Gasteiger partial charge >= 0.3 is 7.12 Å². The molecule has 0 saturated carbocycles. The largest absolute Gasteiger partial charge is 0.494 e. The van der Waals surface area contributed by atoms with E-state index in [2.05, 4.69) is 99.4 Å². The van der Waals surface area contributed by atoms with Gasteiger partial charge in [0.2, 0.25) is 0 Å². The topological polar surface area (TPSA) is 31.4 Å². The van der Waals surface area contributed by atoms with Crippen LogP contribution in [0.3, 0.4) is 0 Å². The van der Waals surface area contributed by atoms with Crippen molar-refractivity contribution in [2.75, 3.05) is 0 Å². The summed E-state index contributed by atoms with van der Waals surface area (Å²) in [5.41, 5.74) is 4.04. The lowest BCUT2D eigenvalue weighted by atomic mass is 9.78. The van der Waals surface area contributed by atoms with Crippen molar-refractivity contribution in [2.24, 2.45) is 0 Å². The minimum Gasteiger partial charge on any atom is -0.399 e. The van der Waals surface area contributed by atoms with Crippen LogP contribution in [0.5, 0.6) is 0 Å². The average molecular weight is 385 g/mol. The van der Waals surface area contributed by atoms with Crippen LogP contribution in [-0.2, 0) is 15.7 Å². The summed E-state index contributed by atoms with van der Waals surface area (Å²) in [5.74, 6) is 0.222. The molecule has 3 nitrogen and oxygen atoms in total. The third kappa shape index (κ3) is 4.14. The van der Waals surface area contributed by atoms with Crippen LogP contribution in [0.1, 0.15) is 50.4 Å². The third-order valence-corrected chi connectivity index (χ3v) is 6.19. The molecule has 1 aliphatic heterocycles. The lowest BCUT2D eigenvalue weighted by Crippen LogP contribution is -2.41. The van der Waals surface area contributed by atoms with Crippen molar-refractivity contribution in [3.63, 3.8) is 0 Å². The molecule has 29 heavy (non-hydrogen) atoms. The lowest BCUT2D eigenvalue weighted by molar-refractivity contribution is 0.00578. The van der Waals surface area contributed by atoms with Gasteiger partial charge in [0, 0.05) is 17.8 Å². The molecule has 1 fully saturated rings. The van der Waals surface area contributed by atoms with E-state index in [1.165, 1.54) is 11.1 Å². The summed E-state index contributed by atoms with van der Waals surface area (Å²) in [4.78, 5) is 4.62. The van der Waals surface area contributed by atoms with Crippen LogP contribution in [0, 0.1) is 0 Å². The van der Waals surface area contributed by atoms with Gasteiger partial charge in [0.05, 0.1) is 11.2 Å². The molecule has 2 heterocycles. The zero-order chi connectivity index (χ0) is 20.5. The minimum absolute atomic E-state index is 0.222. The molecule has 4 heteroatoms. The van der Waals surface area contributed by atoms with Crippen LogP contribution in [0.25, 0.3) is 0 Å². The predicted molar refractivity (Wildman–Crippen MR) is 118 cm³/mol. The molecule has 1 aromatic heterocycles. The smallest absolute Gasteiger partial charge is 0.399 e. The molecule has 0 spiro atoms. The summed E-state index contributed by atoms with van der Waals surface area (Å²) in [6.07, 6.45) is 2.76. The first-order valence-corrected chi connectivity index (χ1v) is 10.3. The van der Waals surface area contributed by atoms with Gasteiger partial charge in [0.15, 0.2) is 0 Å². The molecule has 0 N–H and O–H groups in total. The van der Waals surface area contributed by atoms with E-state index in [1.54, 1.807) is 0 Å². The molecule has 1 aliphatic rings. The van der Waals surface area contributed by atoms with E-state index >= 15 is 0 Å². The highest BCUT2D eigenvalue weighted by Crippen LogP contribution is 2.36. The monoisotopic (exact) mass is 385 g/mol. The number of hydrogen-bond acceptors (Lipinski definition) is 3. The average Bonchev–Trinajstić information content (AvgIpc) is 2.95. The molecule has 1 atom stereocenters. The van der Waals surface area contributed by atoms with Crippen molar-refractivity contribution in [1.82, 2.24) is 4.98 Å². The van der Waals surface area contributed by atoms with Crippen molar-refractivity contribution in [1.29, 1.82) is 0 Å². The second-order valence-electron chi connectivity index (χ2n) is 8.75.